The predicted molar refractivity (Wildman–Crippen MR) is 125 cm³/mol. The highest BCUT2D eigenvalue weighted by molar-refractivity contribution is 5.88. The Bertz CT molecular complexity index is 931. The summed E-state index contributed by atoms with van der Waals surface area (Å²) in [4.78, 5) is 38.7. The summed E-state index contributed by atoms with van der Waals surface area (Å²) < 4.78 is 0. The number of hydrogen-bond acceptors (Lipinski definition) is 5. The minimum atomic E-state index is -0.855. The Morgan fingerprint density at radius 3 is 2.41 bits per heavy atom. The average Bonchev–Trinajstić information content (AvgIpc) is 2.76. The van der Waals surface area contributed by atoms with Crippen molar-refractivity contribution >= 4 is 28.5 Å². The third-order valence-electron chi connectivity index (χ3n) is 5.30. The Kier molecular flexibility index (Phi) is 9.61. The molecule has 2 aromatic carbocycles. The molecule has 5 N–H and O–H groups in total. The van der Waals surface area contributed by atoms with E-state index in [9.17, 15) is 19.5 Å². The first-order valence-corrected chi connectivity index (χ1v) is 10.9. The predicted octanol–water partition coefficient (Wildman–Crippen LogP) is 0.950. The third kappa shape index (κ3) is 7.62. The molecule has 8 nitrogen and oxygen atoms in total. The molecule has 0 aliphatic carbocycles. The lowest BCUT2D eigenvalue weighted by atomic mass is 10.0. The smallest absolute Gasteiger partial charge is 0.243 e. The van der Waals surface area contributed by atoms with E-state index < -0.39 is 18.1 Å². The number of carbonyl (C=O) groups excluding carboxylic acids is 3. The number of amides is 3. The van der Waals surface area contributed by atoms with Crippen LogP contribution in [0.2, 0.25) is 0 Å². The fourth-order valence-corrected chi connectivity index (χ4v) is 3.50. The molecule has 2 rings (SSSR count). The first kappa shape index (κ1) is 25.3. The number of nitrogens with one attached hydrogen (secondary N) is 2. The largest absolute Gasteiger partial charge is 0.390 e. The molecule has 0 saturated heterocycles. The van der Waals surface area contributed by atoms with Crippen molar-refractivity contribution in [3.63, 3.8) is 0 Å². The molecule has 0 saturated carbocycles. The van der Waals surface area contributed by atoms with E-state index in [2.05, 4.69) is 10.6 Å². The van der Waals surface area contributed by atoms with Crippen LogP contribution in [-0.2, 0) is 20.8 Å². The molecular formula is C24H34N4O4. The van der Waals surface area contributed by atoms with Gasteiger partial charge >= 0.3 is 0 Å². The maximum absolute atomic E-state index is 12.8. The number of hydrogen-bond donors (Lipinski definition) is 4. The van der Waals surface area contributed by atoms with Gasteiger partial charge in [0, 0.05) is 45.4 Å². The van der Waals surface area contributed by atoms with Crippen LogP contribution in [0.3, 0.4) is 0 Å². The van der Waals surface area contributed by atoms with Crippen molar-refractivity contribution in [2.45, 2.75) is 51.8 Å². The van der Waals surface area contributed by atoms with E-state index in [0.29, 0.717) is 6.42 Å². The van der Waals surface area contributed by atoms with Crippen molar-refractivity contribution in [2.24, 2.45) is 5.73 Å². The molecule has 174 valence electrons. The van der Waals surface area contributed by atoms with Gasteiger partial charge in [-0.3, -0.25) is 14.4 Å². The summed E-state index contributed by atoms with van der Waals surface area (Å²) >= 11 is 0. The Morgan fingerprint density at radius 1 is 1.09 bits per heavy atom. The number of aliphatic hydroxyl groups is 1. The number of carbonyl (C=O) groups is 3. The van der Waals surface area contributed by atoms with E-state index in [-0.39, 0.29) is 43.9 Å². The molecule has 0 aliphatic rings. The fraction of sp³-hybridized carbons (Fsp3) is 0.458. The number of nitrogens with two attached hydrogens (primary N) is 1. The fourth-order valence-electron chi connectivity index (χ4n) is 3.50. The second-order valence-corrected chi connectivity index (χ2v) is 8.20. The van der Waals surface area contributed by atoms with Crippen molar-refractivity contribution in [3.05, 3.63) is 48.0 Å². The molecule has 0 radical (unpaired) electrons. The highest BCUT2D eigenvalue weighted by Crippen LogP contribution is 2.17. The highest BCUT2D eigenvalue weighted by Gasteiger charge is 2.23. The van der Waals surface area contributed by atoms with Gasteiger partial charge in [0.05, 0.1) is 6.10 Å². The number of benzene rings is 2. The molecule has 2 aromatic rings. The van der Waals surface area contributed by atoms with Gasteiger partial charge in [-0.25, -0.2) is 0 Å². The number of rotatable bonds is 11. The van der Waals surface area contributed by atoms with Gasteiger partial charge < -0.3 is 26.4 Å². The number of nitrogens with zero attached hydrogens (tertiary/aromatic N) is 1. The Morgan fingerprint density at radius 2 is 1.78 bits per heavy atom. The Hall–Kier alpha value is -2.97. The lowest BCUT2D eigenvalue weighted by Crippen LogP contribution is -2.50. The monoisotopic (exact) mass is 442 g/mol. The van der Waals surface area contributed by atoms with Gasteiger partial charge in [-0.05, 0) is 30.2 Å². The Balaban J connectivity index is 2.11. The minimum absolute atomic E-state index is 0.00485. The standard InChI is InChI=1S/C24H34N4O4/c1-16(2)28(17(3)29)11-10-23(31)27-22(24(32)26-15-21(30)14-25)13-18-8-9-19-6-4-5-7-20(19)12-18/h4-9,12,16,21-22,30H,10-11,13-15,25H2,1-3H3,(H,26,32)(H,27,31). The van der Waals surface area contributed by atoms with Crippen LogP contribution in [-0.4, -0.2) is 65.5 Å². The summed E-state index contributed by atoms with van der Waals surface area (Å²) in [6.45, 7) is 5.55. The van der Waals surface area contributed by atoms with Crippen molar-refractivity contribution < 1.29 is 19.5 Å². The summed E-state index contributed by atoms with van der Waals surface area (Å²) in [6.07, 6.45) is -0.474. The van der Waals surface area contributed by atoms with Gasteiger partial charge in [0.15, 0.2) is 0 Å². The summed E-state index contributed by atoms with van der Waals surface area (Å²) in [6, 6.07) is 13.0. The zero-order valence-electron chi connectivity index (χ0n) is 19.0. The molecule has 0 spiro atoms. The van der Waals surface area contributed by atoms with E-state index in [1.54, 1.807) is 4.90 Å². The first-order chi connectivity index (χ1) is 15.2. The third-order valence-corrected chi connectivity index (χ3v) is 5.30. The van der Waals surface area contributed by atoms with E-state index in [1.807, 2.05) is 56.3 Å². The molecule has 0 aliphatic heterocycles. The summed E-state index contributed by atoms with van der Waals surface area (Å²) in [5.74, 6) is -0.822. The Labute approximate surface area is 189 Å². The van der Waals surface area contributed by atoms with Gasteiger partial charge in [-0.15, -0.1) is 0 Å². The summed E-state index contributed by atoms with van der Waals surface area (Å²) in [5.41, 5.74) is 6.30. The minimum Gasteiger partial charge on any atom is -0.390 e. The van der Waals surface area contributed by atoms with E-state index in [1.165, 1.54) is 6.92 Å². The van der Waals surface area contributed by atoms with Crippen LogP contribution in [0, 0.1) is 0 Å². The zero-order chi connectivity index (χ0) is 23.7. The van der Waals surface area contributed by atoms with E-state index in [0.717, 1.165) is 16.3 Å². The molecular weight excluding hydrogens is 408 g/mol. The van der Waals surface area contributed by atoms with Crippen LogP contribution in [0.25, 0.3) is 10.8 Å². The van der Waals surface area contributed by atoms with Crippen molar-refractivity contribution in [3.8, 4) is 0 Å². The van der Waals surface area contributed by atoms with E-state index >= 15 is 0 Å². The van der Waals surface area contributed by atoms with Crippen LogP contribution in [0.5, 0.6) is 0 Å². The number of fused-ring (bicyclic) bond motifs is 1. The topological polar surface area (TPSA) is 125 Å². The normalized spacial score (nSPS) is 12.9. The van der Waals surface area contributed by atoms with Gasteiger partial charge in [-0.2, -0.15) is 0 Å². The molecule has 32 heavy (non-hydrogen) atoms. The lowest BCUT2D eigenvalue weighted by molar-refractivity contribution is -0.132. The molecule has 2 unspecified atom stereocenters. The maximum Gasteiger partial charge on any atom is 0.243 e. The maximum atomic E-state index is 12.8. The lowest BCUT2D eigenvalue weighted by Gasteiger charge is -2.25. The second kappa shape index (κ2) is 12.2. The van der Waals surface area contributed by atoms with Crippen molar-refractivity contribution in [2.75, 3.05) is 19.6 Å². The molecule has 3 amide bonds. The van der Waals surface area contributed by atoms with Crippen LogP contribution in [0.15, 0.2) is 42.5 Å². The van der Waals surface area contributed by atoms with Crippen LogP contribution in [0.1, 0.15) is 32.8 Å². The molecule has 8 heteroatoms. The molecule has 0 bridgehead atoms. The average molecular weight is 443 g/mol. The summed E-state index contributed by atoms with van der Waals surface area (Å²) in [7, 11) is 0. The van der Waals surface area contributed by atoms with Crippen molar-refractivity contribution in [1.29, 1.82) is 0 Å². The quantitative estimate of drug-likeness (QED) is 0.412. The summed E-state index contributed by atoms with van der Waals surface area (Å²) in [5, 5.41) is 17.2. The van der Waals surface area contributed by atoms with Crippen molar-refractivity contribution in [1.82, 2.24) is 15.5 Å². The SMILES string of the molecule is CC(=O)N(CCC(=O)NC(Cc1ccc2ccccc2c1)C(=O)NCC(O)CN)C(C)C. The van der Waals surface area contributed by atoms with Gasteiger partial charge in [0.1, 0.15) is 6.04 Å². The van der Waals surface area contributed by atoms with Gasteiger partial charge in [0.25, 0.3) is 0 Å². The molecule has 2 atom stereocenters. The first-order valence-electron chi connectivity index (χ1n) is 10.9. The highest BCUT2D eigenvalue weighted by atomic mass is 16.3. The van der Waals surface area contributed by atoms with Crippen LogP contribution >= 0.6 is 0 Å². The molecule has 0 aromatic heterocycles. The zero-order valence-corrected chi connectivity index (χ0v) is 19.0. The van der Waals surface area contributed by atoms with Gasteiger partial charge in [-0.1, -0.05) is 42.5 Å². The van der Waals surface area contributed by atoms with E-state index in [4.69, 9.17) is 5.73 Å². The van der Waals surface area contributed by atoms with Gasteiger partial charge in [0.2, 0.25) is 17.7 Å². The number of aliphatic hydroxyl groups excluding tert-OH is 1. The van der Waals surface area contributed by atoms with Crippen LogP contribution < -0.4 is 16.4 Å². The van der Waals surface area contributed by atoms with Crippen LogP contribution in [0.4, 0.5) is 0 Å². The molecule has 0 heterocycles. The molecule has 0 fully saturated rings. The second-order valence-electron chi connectivity index (χ2n) is 8.20.